The summed E-state index contributed by atoms with van der Waals surface area (Å²) < 4.78 is 0. The van der Waals surface area contributed by atoms with Crippen molar-refractivity contribution in [3.8, 4) is 0 Å². The Labute approximate surface area is 156 Å². The van der Waals surface area contributed by atoms with Crippen LogP contribution in [-0.4, -0.2) is 59.0 Å². The molecule has 0 aromatic heterocycles. The van der Waals surface area contributed by atoms with E-state index in [9.17, 15) is 14.4 Å². The summed E-state index contributed by atoms with van der Waals surface area (Å²) in [5.41, 5.74) is 0.171. The van der Waals surface area contributed by atoms with Gasteiger partial charge >= 0.3 is 5.97 Å². The molecule has 1 aliphatic heterocycles. The molecule has 2 unspecified atom stereocenters. The van der Waals surface area contributed by atoms with Gasteiger partial charge in [-0.25, -0.2) is 4.79 Å². The van der Waals surface area contributed by atoms with Crippen molar-refractivity contribution in [2.75, 3.05) is 13.1 Å². The Morgan fingerprint density at radius 2 is 1.85 bits per heavy atom. The van der Waals surface area contributed by atoms with Gasteiger partial charge in [0.2, 0.25) is 11.8 Å². The smallest absolute Gasteiger partial charge is 0.331 e. The van der Waals surface area contributed by atoms with E-state index in [0.717, 1.165) is 25.8 Å². The minimum absolute atomic E-state index is 0.0698. The van der Waals surface area contributed by atoms with Crippen LogP contribution >= 0.6 is 0 Å². The molecule has 26 heavy (non-hydrogen) atoms. The Balaban J connectivity index is 2.71. The van der Waals surface area contributed by atoms with Gasteiger partial charge in [-0.2, -0.15) is 0 Å². The molecule has 1 fully saturated rings. The van der Waals surface area contributed by atoms with Crippen LogP contribution in [0, 0.1) is 5.92 Å². The molecule has 0 spiro atoms. The number of nitrogens with one attached hydrogen (secondary N) is 2. The third-order valence-electron chi connectivity index (χ3n) is 4.78. The number of carboxylic acid groups (broad SMARTS) is 1. The first-order valence-corrected chi connectivity index (χ1v) is 9.39. The summed E-state index contributed by atoms with van der Waals surface area (Å²) in [6.07, 6.45) is 4.35. The number of carbonyl (C=O) groups is 3. The van der Waals surface area contributed by atoms with E-state index >= 15 is 0 Å². The lowest BCUT2D eigenvalue weighted by Crippen LogP contribution is -2.57. The fraction of sp³-hybridized carbons (Fsp3) is 0.737. The van der Waals surface area contributed by atoms with Gasteiger partial charge in [0.15, 0.2) is 0 Å². The van der Waals surface area contributed by atoms with Gasteiger partial charge in [0.05, 0.1) is 6.04 Å². The number of hydrogen-bond donors (Lipinski definition) is 3. The molecule has 2 atom stereocenters. The zero-order valence-corrected chi connectivity index (χ0v) is 16.5. The molecule has 0 radical (unpaired) electrons. The number of likely N-dealkylation sites (tertiary alicyclic amines) is 1. The number of carboxylic acids is 1. The third kappa shape index (κ3) is 6.44. The Kier molecular flexibility index (Phi) is 8.78. The Morgan fingerprint density at radius 1 is 1.19 bits per heavy atom. The third-order valence-corrected chi connectivity index (χ3v) is 4.78. The number of amides is 2. The van der Waals surface area contributed by atoms with Gasteiger partial charge in [-0.15, -0.1) is 0 Å². The van der Waals surface area contributed by atoms with E-state index in [1.54, 1.807) is 0 Å². The summed E-state index contributed by atoms with van der Waals surface area (Å²) in [5, 5.41) is 14.4. The van der Waals surface area contributed by atoms with Crippen LogP contribution in [0.25, 0.3) is 0 Å². The molecule has 1 rings (SSSR count). The average Bonchev–Trinajstić information content (AvgIpc) is 2.58. The maximum atomic E-state index is 12.8. The summed E-state index contributed by atoms with van der Waals surface area (Å²) in [6, 6.07) is -0.564. The summed E-state index contributed by atoms with van der Waals surface area (Å²) in [4.78, 5) is 38.2. The van der Waals surface area contributed by atoms with E-state index in [-0.39, 0.29) is 41.9 Å². The van der Waals surface area contributed by atoms with Crippen molar-refractivity contribution in [1.29, 1.82) is 0 Å². The fourth-order valence-corrected chi connectivity index (χ4v) is 3.14. The fourth-order valence-electron chi connectivity index (χ4n) is 3.14. The van der Waals surface area contributed by atoms with Gasteiger partial charge in [0, 0.05) is 18.2 Å². The van der Waals surface area contributed by atoms with Gasteiger partial charge in [0.25, 0.3) is 0 Å². The number of hydrogen-bond acceptors (Lipinski definition) is 4. The zero-order valence-electron chi connectivity index (χ0n) is 16.5. The number of nitrogens with zero attached hydrogens (tertiary/aromatic N) is 1. The highest BCUT2D eigenvalue weighted by Gasteiger charge is 2.33. The van der Waals surface area contributed by atoms with Gasteiger partial charge < -0.3 is 15.7 Å². The second-order valence-electron chi connectivity index (χ2n) is 7.51. The molecule has 1 heterocycles. The Bertz CT molecular complexity index is 543. The second kappa shape index (κ2) is 10.3. The maximum Gasteiger partial charge on any atom is 0.331 e. The molecule has 1 saturated heterocycles. The molecule has 0 saturated carbocycles. The lowest BCUT2D eigenvalue weighted by Gasteiger charge is -2.38. The predicted molar refractivity (Wildman–Crippen MR) is 101 cm³/mol. The van der Waals surface area contributed by atoms with E-state index in [0.29, 0.717) is 0 Å². The number of carbonyl (C=O) groups excluding carboxylic acids is 2. The first-order chi connectivity index (χ1) is 12.1. The summed E-state index contributed by atoms with van der Waals surface area (Å²) in [5.74, 6) is -1.49. The van der Waals surface area contributed by atoms with E-state index < -0.39 is 12.0 Å². The number of aliphatic carboxylic acids is 1. The molecule has 3 N–H and O–H groups in total. The highest BCUT2D eigenvalue weighted by molar-refractivity contribution is 5.90. The molecule has 0 bridgehead atoms. The van der Waals surface area contributed by atoms with E-state index in [4.69, 9.17) is 5.11 Å². The second-order valence-corrected chi connectivity index (χ2v) is 7.51. The SMILES string of the molecule is C/C(=C\CNC(=O)C(NC(=O)C1CCCCN1C(C)C)C(C)C)C(=O)O. The maximum absolute atomic E-state index is 12.8. The highest BCUT2D eigenvalue weighted by Crippen LogP contribution is 2.20. The van der Waals surface area contributed by atoms with Gasteiger partial charge in [-0.05, 0) is 46.1 Å². The molecule has 2 amide bonds. The minimum atomic E-state index is -1.01. The van der Waals surface area contributed by atoms with Crippen LogP contribution in [0.15, 0.2) is 11.6 Å². The number of rotatable bonds is 8. The molecule has 0 aromatic rings. The van der Waals surface area contributed by atoms with Crippen molar-refractivity contribution in [3.05, 3.63) is 11.6 Å². The van der Waals surface area contributed by atoms with Crippen LogP contribution in [-0.2, 0) is 14.4 Å². The molecular formula is C19H33N3O4. The van der Waals surface area contributed by atoms with Gasteiger partial charge in [0.1, 0.15) is 6.04 Å². The lowest BCUT2D eigenvalue weighted by atomic mass is 9.97. The van der Waals surface area contributed by atoms with Crippen molar-refractivity contribution >= 4 is 17.8 Å². The lowest BCUT2D eigenvalue weighted by molar-refractivity contribution is -0.134. The standard InChI is InChI=1S/C19H33N3O4/c1-12(2)16(18(24)20-10-9-14(5)19(25)26)21-17(23)15-8-6-7-11-22(15)13(3)4/h9,12-13,15-16H,6-8,10-11H2,1-5H3,(H,20,24)(H,21,23)(H,25,26)/b14-9+. The van der Waals surface area contributed by atoms with Crippen LogP contribution in [0.5, 0.6) is 0 Å². The minimum Gasteiger partial charge on any atom is -0.478 e. The molecule has 148 valence electrons. The Hall–Kier alpha value is -1.89. The quantitative estimate of drug-likeness (QED) is 0.565. The topological polar surface area (TPSA) is 98.7 Å². The van der Waals surface area contributed by atoms with Crippen LogP contribution in [0.4, 0.5) is 0 Å². The van der Waals surface area contributed by atoms with Crippen LogP contribution < -0.4 is 10.6 Å². The van der Waals surface area contributed by atoms with Crippen LogP contribution in [0.1, 0.15) is 53.9 Å². The summed E-state index contributed by atoms with van der Waals surface area (Å²) in [7, 11) is 0. The van der Waals surface area contributed by atoms with Crippen molar-refractivity contribution in [2.45, 2.75) is 72.0 Å². The molecule has 1 aliphatic rings. The first-order valence-electron chi connectivity index (χ1n) is 9.39. The zero-order chi connectivity index (χ0) is 19.9. The molecule has 0 aromatic carbocycles. The Morgan fingerprint density at radius 3 is 2.38 bits per heavy atom. The van der Waals surface area contributed by atoms with Crippen molar-refractivity contribution < 1.29 is 19.5 Å². The van der Waals surface area contributed by atoms with Gasteiger partial charge in [-0.1, -0.05) is 26.3 Å². The monoisotopic (exact) mass is 367 g/mol. The highest BCUT2D eigenvalue weighted by atomic mass is 16.4. The van der Waals surface area contributed by atoms with Crippen molar-refractivity contribution in [3.63, 3.8) is 0 Å². The van der Waals surface area contributed by atoms with Crippen LogP contribution in [0.2, 0.25) is 0 Å². The molecule has 0 aliphatic carbocycles. The number of piperidine rings is 1. The average molecular weight is 367 g/mol. The van der Waals surface area contributed by atoms with Crippen LogP contribution in [0.3, 0.4) is 0 Å². The van der Waals surface area contributed by atoms with Gasteiger partial charge in [-0.3, -0.25) is 14.5 Å². The normalized spacial score (nSPS) is 20.1. The molecule has 7 nitrogen and oxygen atoms in total. The molecule has 7 heteroatoms. The van der Waals surface area contributed by atoms with E-state index in [1.165, 1.54) is 13.0 Å². The van der Waals surface area contributed by atoms with E-state index in [2.05, 4.69) is 29.4 Å². The first kappa shape index (κ1) is 22.2. The predicted octanol–water partition coefficient (Wildman–Crippen LogP) is 1.54. The summed E-state index contributed by atoms with van der Waals surface area (Å²) in [6.45, 7) is 10.4. The largest absolute Gasteiger partial charge is 0.478 e. The van der Waals surface area contributed by atoms with Crippen molar-refractivity contribution in [2.24, 2.45) is 5.92 Å². The van der Waals surface area contributed by atoms with Crippen molar-refractivity contribution in [1.82, 2.24) is 15.5 Å². The van der Waals surface area contributed by atoms with E-state index in [1.807, 2.05) is 13.8 Å². The summed E-state index contributed by atoms with van der Waals surface area (Å²) >= 11 is 0. The molecular weight excluding hydrogens is 334 g/mol.